The molecule has 2 aromatic heterocycles. The Kier molecular flexibility index (Phi) is 3.34. The van der Waals surface area contributed by atoms with Gasteiger partial charge in [-0.15, -0.1) is 0 Å². The molecule has 1 aromatic carbocycles. The van der Waals surface area contributed by atoms with Crippen molar-refractivity contribution in [3.8, 4) is 5.13 Å². The van der Waals surface area contributed by atoms with Crippen molar-refractivity contribution >= 4 is 27.8 Å². The van der Waals surface area contributed by atoms with Gasteiger partial charge >= 0.3 is 6.18 Å². The summed E-state index contributed by atoms with van der Waals surface area (Å²) in [6.45, 7) is 0. The van der Waals surface area contributed by atoms with E-state index in [-0.39, 0.29) is 11.2 Å². The average Bonchev–Trinajstić information content (AvgIpc) is 3.15. The van der Waals surface area contributed by atoms with Crippen molar-refractivity contribution in [1.82, 2.24) is 14.8 Å². The molecule has 24 heavy (non-hydrogen) atoms. The van der Waals surface area contributed by atoms with Crippen LogP contribution in [0.3, 0.4) is 0 Å². The van der Waals surface area contributed by atoms with Gasteiger partial charge in [0.15, 0.2) is 5.69 Å². The zero-order valence-corrected chi connectivity index (χ0v) is 13.0. The van der Waals surface area contributed by atoms with Crippen LogP contribution in [0.4, 0.5) is 13.2 Å². The molecule has 0 spiro atoms. The number of benzene rings is 1. The number of rotatable bonds is 3. The van der Waals surface area contributed by atoms with E-state index in [0.29, 0.717) is 5.52 Å². The van der Waals surface area contributed by atoms with Gasteiger partial charge in [0.2, 0.25) is 5.13 Å². The normalized spacial score (nSPS) is 15.6. The summed E-state index contributed by atoms with van der Waals surface area (Å²) in [5.74, 6) is 0. The first-order chi connectivity index (χ1) is 11.4. The van der Waals surface area contributed by atoms with Crippen LogP contribution in [0.15, 0.2) is 34.1 Å². The third-order valence-corrected chi connectivity index (χ3v) is 4.67. The van der Waals surface area contributed by atoms with Gasteiger partial charge in [-0.05, 0) is 25.0 Å². The third-order valence-electron chi connectivity index (χ3n) is 3.65. The summed E-state index contributed by atoms with van der Waals surface area (Å²) < 4.78 is 41.3. The minimum Gasteiger partial charge on any atom is -0.289 e. The SMILES string of the molecule is O=c1c(C=NC2CC2)c(C(F)(F)F)[nH]n1-c1nc2ccccc2s1. The van der Waals surface area contributed by atoms with Crippen LogP contribution in [0.1, 0.15) is 24.1 Å². The Balaban J connectivity index is 1.87. The zero-order chi connectivity index (χ0) is 16.9. The molecule has 4 rings (SSSR count). The van der Waals surface area contributed by atoms with Gasteiger partial charge in [-0.1, -0.05) is 23.5 Å². The first kappa shape index (κ1) is 15.1. The van der Waals surface area contributed by atoms with Crippen LogP contribution in [-0.2, 0) is 6.18 Å². The van der Waals surface area contributed by atoms with Crippen LogP contribution in [0.5, 0.6) is 0 Å². The van der Waals surface area contributed by atoms with E-state index >= 15 is 0 Å². The lowest BCUT2D eigenvalue weighted by atomic mass is 10.2. The average molecular weight is 352 g/mol. The van der Waals surface area contributed by atoms with Crippen molar-refractivity contribution in [2.45, 2.75) is 25.1 Å². The number of H-pyrrole nitrogens is 1. The van der Waals surface area contributed by atoms with Crippen molar-refractivity contribution in [3.05, 3.63) is 45.9 Å². The molecule has 5 nitrogen and oxygen atoms in total. The third kappa shape index (κ3) is 2.64. The Hall–Kier alpha value is -2.42. The van der Waals surface area contributed by atoms with Gasteiger partial charge in [0.1, 0.15) is 0 Å². The van der Waals surface area contributed by atoms with Crippen molar-refractivity contribution in [2.24, 2.45) is 4.99 Å². The van der Waals surface area contributed by atoms with Gasteiger partial charge in [-0.3, -0.25) is 14.9 Å². The largest absolute Gasteiger partial charge is 0.433 e. The predicted octanol–water partition coefficient (Wildman–Crippen LogP) is 3.38. The second-order valence-electron chi connectivity index (χ2n) is 5.51. The van der Waals surface area contributed by atoms with Gasteiger partial charge in [-0.2, -0.15) is 17.9 Å². The number of nitrogens with zero attached hydrogens (tertiary/aromatic N) is 3. The number of para-hydroxylation sites is 1. The Morgan fingerprint density at radius 3 is 2.75 bits per heavy atom. The number of aromatic amines is 1. The maximum absolute atomic E-state index is 13.2. The Morgan fingerprint density at radius 2 is 2.08 bits per heavy atom. The van der Waals surface area contributed by atoms with Gasteiger partial charge in [0, 0.05) is 6.21 Å². The molecule has 0 atom stereocenters. The van der Waals surface area contributed by atoms with Gasteiger partial charge < -0.3 is 0 Å². The molecule has 1 aliphatic rings. The number of aliphatic imine (C=N–C) groups is 1. The van der Waals surface area contributed by atoms with Crippen LogP contribution in [-0.4, -0.2) is 27.0 Å². The van der Waals surface area contributed by atoms with E-state index in [1.165, 1.54) is 0 Å². The number of nitrogens with one attached hydrogen (secondary N) is 1. The van der Waals surface area contributed by atoms with E-state index in [0.717, 1.165) is 39.8 Å². The fourth-order valence-corrected chi connectivity index (χ4v) is 3.21. The standard InChI is InChI=1S/C15H11F3N4OS/c16-15(17,18)12-9(7-19-8-5-6-8)13(23)22(21-12)14-20-10-3-1-2-4-11(10)24-14/h1-4,7-8,21H,5-6H2. The minimum atomic E-state index is -4.67. The molecule has 9 heteroatoms. The molecule has 0 saturated heterocycles. The molecule has 1 saturated carbocycles. The number of halogens is 3. The fraction of sp³-hybridized carbons (Fsp3) is 0.267. The van der Waals surface area contributed by atoms with Gasteiger partial charge in [0.05, 0.1) is 21.8 Å². The molecule has 0 unspecified atom stereocenters. The van der Waals surface area contributed by atoms with Crippen molar-refractivity contribution < 1.29 is 13.2 Å². The quantitative estimate of drug-likeness (QED) is 0.735. The second kappa shape index (κ2) is 5.30. The first-order valence-electron chi connectivity index (χ1n) is 7.25. The molecular formula is C15H11F3N4OS. The zero-order valence-electron chi connectivity index (χ0n) is 12.2. The van der Waals surface area contributed by atoms with Crippen LogP contribution < -0.4 is 5.56 Å². The van der Waals surface area contributed by atoms with E-state index < -0.39 is 23.0 Å². The number of aromatic nitrogens is 3. The summed E-state index contributed by atoms with van der Waals surface area (Å²) in [4.78, 5) is 20.7. The molecule has 3 aromatic rings. The number of thiazole rings is 1. The highest BCUT2D eigenvalue weighted by Crippen LogP contribution is 2.31. The van der Waals surface area contributed by atoms with Gasteiger partial charge in [0.25, 0.3) is 5.56 Å². The highest BCUT2D eigenvalue weighted by molar-refractivity contribution is 7.20. The number of hydrogen-bond donors (Lipinski definition) is 1. The van der Waals surface area contributed by atoms with E-state index in [1.54, 1.807) is 24.3 Å². The van der Waals surface area contributed by atoms with Crippen LogP contribution in [0.25, 0.3) is 15.3 Å². The van der Waals surface area contributed by atoms with E-state index in [1.807, 2.05) is 0 Å². The topological polar surface area (TPSA) is 63.0 Å². The summed E-state index contributed by atoms with van der Waals surface area (Å²) in [6, 6.07) is 7.14. The smallest absolute Gasteiger partial charge is 0.289 e. The van der Waals surface area contributed by atoms with Crippen molar-refractivity contribution in [2.75, 3.05) is 0 Å². The molecule has 1 N–H and O–H groups in total. The summed E-state index contributed by atoms with van der Waals surface area (Å²) in [7, 11) is 0. The molecule has 0 amide bonds. The lowest BCUT2D eigenvalue weighted by molar-refractivity contribution is -0.141. The fourth-order valence-electron chi connectivity index (χ4n) is 2.28. The van der Waals surface area contributed by atoms with Gasteiger partial charge in [-0.25, -0.2) is 4.98 Å². The summed E-state index contributed by atoms with van der Waals surface area (Å²) in [5, 5.41) is 2.31. The lowest BCUT2D eigenvalue weighted by Crippen LogP contribution is -2.17. The maximum Gasteiger partial charge on any atom is 0.433 e. The molecule has 1 fully saturated rings. The van der Waals surface area contributed by atoms with Crippen molar-refractivity contribution in [3.63, 3.8) is 0 Å². The Bertz CT molecular complexity index is 961. The molecule has 1 aliphatic carbocycles. The van der Waals surface area contributed by atoms with Crippen LogP contribution in [0, 0.1) is 0 Å². The summed E-state index contributed by atoms with van der Waals surface area (Å²) in [5.41, 5.74) is -1.75. The van der Waals surface area contributed by atoms with Crippen LogP contribution in [0.2, 0.25) is 0 Å². The second-order valence-corrected chi connectivity index (χ2v) is 6.52. The molecule has 0 aliphatic heterocycles. The Morgan fingerprint density at radius 1 is 1.33 bits per heavy atom. The van der Waals surface area contributed by atoms with E-state index in [4.69, 9.17) is 0 Å². The van der Waals surface area contributed by atoms with Crippen molar-refractivity contribution in [1.29, 1.82) is 0 Å². The molecular weight excluding hydrogens is 341 g/mol. The van der Waals surface area contributed by atoms with E-state index in [2.05, 4.69) is 15.1 Å². The highest BCUT2D eigenvalue weighted by Gasteiger charge is 2.38. The van der Waals surface area contributed by atoms with E-state index in [9.17, 15) is 18.0 Å². The molecule has 0 bridgehead atoms. The highest BCUT2D eigenvalue weighted by atomic mass is 32.1. The predicted molar refractivity (Wildman–Crippen MR) is 85.2 cm³/mol. The first-order valence-corrected chi connectivity index (χ1v) is 8.06. The summed E-state index contributed by atoms with van der Waals surface area (Å²) >= 11 is 1.14. The number of alkyl halides is 3. The number of hydrogen-bond acceptors (Lipinski definition) is 4. The number of fused-ring (bicyclic) bond motifs is 1. The molecule has 2 heterocycles. The lowest BCUT2D eigenvalue weighted by Gasteiger charge is -2.03. The molecule has 124 valence electrons. The maximum atomic E-state index is 13.2. The molecule has 0 radical (unpaired) electrons. The van der Waals surface area contributed by atoms with Crippen LogP contribution >= 0.6 is 11.3 Å². The minimum absolute atomic E-state index is 0.0243. The monoisotopic (exact) mass is 352 g/mol. The summed E-state index contributed by atoms with van der Waals surface area (Å²) in [6.07, 6.45) is -1.96. The Labute approximate surface area is 137 Å².